The zero-order valence-electron chi connectivity index (χ0n) is 15.3. The molecular formula is C21H23NO4. The predicted molar refractivity (Wildman–Crippen MR) is 99.4 cm³/mol. The summed E-state index contributed by atoms with van der Waals surface area (Å²) in [7, 11) is 0. The first-order valence-electron chi connectivity index (χ1n) is 8.65. The Balaban J connectivity index is 2.40. The minimum atomic E-state index is -0.815. The highest BCUT2D eigenvalue weighted by molar-refractivity contribution is 6.30. The third kappa shape index (κ3) is 4.23. The average Bonchev–Trinajstić information content (AvgIpc) is 2.63. The Morgan fingerprint density at radius 1 is 1.08 bits per heavy atom. The van der Waals surface area contributed by atoms with E-state index >= 15 is 0 Å². The molecule has 2 rings (SSSR count). The first-order chi connectivity index (χ1) is 12.3. The molecular weight excluding hydrogens is 330 g/mol. The molecule has 0 aliphatic heterocycles. The third-order valence-electron chi connectivity index (χ3n) is 4.62. The van der Waals surface area contributed by atoms with Crippen molar-refractivity contribution in [3.05, 3.63) is 58.5 Å². The smallest absolute Gasteiger partial charge is 0.303 e. The van der Waals surface area contributed by atoms with E-state index < -0.39 is 5.97 Å². The van der Waals surface area contributed by atoms with Gasteiger partial charge in [-0.3, -0.25) is 19.4 Å². The van der Waals surface area contributed by atoms with Crippen molar-refractivity contribution in [3.63, 3.8) is 0 Å². The summed E-state index contributed by atoms with van der Waals surface area (Å²) in [6, 6.07) is 3.64. The van der Waals surface area contributed by atoms with E-state index in [1.807, 2.05) is 12.1 Å². The molecule has 0 unspecified atom stereocenters. The second-order valence-electron chi connectivity index (χ2n) is 6.41. The highest BCUT2D eigenvalue weighted by atomic mass is 16.4. The highest BCUT2D eigenvalue weighted by Crippen LogP contribution is 2.34. The lowest BCUT2D eigenvalue weighted by Gasteiger charge is -2.21. The van der Waals surface area contributed by atoms with Gasteiger partial charge in [-0.15, -0.1) is 0 Å². The fraction of sp³-hybridized carbons (Fsp3) is 0.333. The summed E-state index contributed by atoms with van der Waals surface area (Å²) in [6.07, 6.45) is 7.23. The summed E-state index contributed by atoms with van der Waals surface area (Å²) >= 11 is 0. The molecule has 0 aromatic carbocycles. The molecule has 0 saturated heterocycles. The van der Waals surface area contributed by atoms with E-state index in [1.54, 1.807) is 39.2 Å². The quantitative estimate of drug-likeness (QED) is 0.593. The van der Waals surface area contributed by atoms with Gasteiger partial charge in [0.25, 0.3) is 0 Å². The average molecular weight is 353 g/mol. The molecule has 26 heavy (non-hydrogen) atoms. The fourth-order valence-electron chi connectivity index (χ4n) is 2.97. The Morgan fingerprint density at radius 2 is 1.77 bits per heavy atom. The normalized spacial score (nSPS) is 15.7. The number of hydrogen-bond donors (Lipinski definition) is 1. The van der Waals surface area contributed by atoms with Gasteiger partial charge in [0.05, 0.1) is 0 Å². The van der Waals surface area contributed by atoms with Crippen molar-refractivity contribution in [1.82, 2.24) is 4.98 Å². The number of carboxylic acid groups (broad SMARTS) is 1. The first-order valence-corrected chi connectivity index (χ1v) is 8.65. The van der Waals surface area contributed by atoms with Crippen molar-refractivity contribution < 1.29 is 19.5 Å². The summed E-state index contributed by atoms with van der Waals surface area (Å²) in [6.45, 7) is 5.03. The molecule has 0 saturated carbocycles. The van der Waals surface area contributed by atoms with Crippen molar-refractivity contribution in [3.8, 4) is 0 Å². The third-order valence-corrected chi connectivity index (χ3v) is 4.62. The molecule has 1 heterocycles. The molecule has 1 aliphatic carbocycles. The van der Waals surface area contributed by atoms with Crippen molar-refractivity contribution in [2.45, 2.75) is 46.5 Å². The molecule has 0 spiro atoms. The SMILES string of the molecule is CC1=C(C)C(=O)C(/C(=C/CCCCC(=O)O)c2cccnc2)=C(C)C1=O. The molecule has 1 aromatic rings. The zero-order valence-corrected chi connectivity index (χ0v) is 15.3. The van der Waals surface area contributed by atoms with E-state index in [1.165, 1.54) is 0 Å². The van der Waals surface area contributed by atoms with Crippen LogP contribution < -0.4 is 0 Å². The number of carboxylic acids is 1. The van der Waals surface area contributed by atoms with Crippen LogP contribution in [-0.2, 0) is 14.4 Å². The van der Waals surface area contributed by atoms with Gasteiger partial charge in [0.15, 0.2) is 11.6 Å². The number of aromatic nitrogens is 1. The van der Waals surface area contributed by atoms with Crippen LogP contribution in [0.15, 0.2) is 52.9 Å². The number of carbonyl (C=O) groups excluding carboxylic acids is 2. The van der Waals surface area contributed by atoms with Gasteiger partial charge in [0.2, 0.25) is 0 Å². The second kappa shape index (κ2) is 8.52. The summed E-state index contributed by atoms with van der Waals surface area (Å²) in [4.78, 5) is 40.1. The minimum absolute atomic E-state index is 0.113. The van der Waals surface area contributed by atoms with Gasteiger partial charge in [-0.05, 0) is 51.7 Å². The van der Waals surface area contributed by atoms with Gasteiger partial charge >= 0.3 is 5.97 Å². The van der Waals surface area contributed by atoms with Crippen LogP contribution in [-0.4, -0.2) is 27.6 Å². The predicted octanol–water partition coefficient (Wildman–Crippen LogP) is 3.91. The maximum absolute atomic E-state index is 12.9. The molecule has 0 atom stereocenters. The first kappa shape index (κ1) is 19.5. The Hall–Kier alpha value is -2.82. The van der Waals surface area contributed by atoms with Crippen molar-refractivity contribution >= 4 is 23.1 Å². The van der Waals surface area contributed by atoms with Crippen LogP contribution in [0.1, 0.15) is 52.0 Å². The molecule has 1 N–H and O–H groups in total. The Labute approximate surface area is 153 Å². The maximum Gasteiger partial charge on any atom is 0.303 e. The molecule has 1 aromatic heterocycles. The Kier molecular flexibility index (Phi) is 6.39. The van der Waals surface area contributed by atoms with Gasteiger partial charge in [-0.25, -0.2) is 0 Å². The van der Waals surface area contributed by atoms with E-state index in [0.29, 0.717) is 47.1 Å². The molecule has 0 bridgehead atoms. The Morgan fingerprint density at radius 3 is 2.38 bits per heavy atom. The lowest BCUT2D eigenvalue weighted by molar-refractivity contribution is -0.137. The number of carbonyl (C=O) groups is 3. The number of rotatable bonds is 7. The van der Waals surface area contributed by atoms with Gasteiger partial charge < -0.3 is 5.11 Å². The van der Waals surface area contributed by atoms with E-state index in [0.717, 1.165) is 5.56 Å². The molecule has 1 aliphatic rings. The van der Waals surface area contributed by atoms with Crippen molar-refractivity contribution in [2.75, 3.05) is 0 Å². The largest absolute Gasteiger partial charge is 0.481 e. The number of allylic oxidation sites excluding steroid dienone is 6. The molecule has 5 heteroatoms. The van der Waals surface area contributed by atoms with Gasteiger partial charge in [0.1, 0.15) is 0 Å². The number of aliphatic carboxylic acids is 1. The van der Waals surface area contributed by atoms with Crippen LogP contribution >= 0.6 is 0 Å². The van der Waals surface area contributed by atoms with Gasteiger partial charge in [-0.1, -0.05) is 12.1 Å². The molecule has 136 valence electrons. The molecule has 0 radical (unpaired) electrons. The summed E-state index contributed by atoms with van der Waals surface area (Å²) < 4.78 is 0. The molecule has 0 fully saturated rings. The van der Waals surface area contributed by atoms with Crippen LogP contribution in [0, 0.1) is 0 Å². The number of unbranched alkanes of at least 4 members (excludes halogenated alkanes) is 2. The number of ketones is 2. The standard InChI is InChI=1S/C21H23NO4/c1-13-14(2)21(26)19(15(3)20(13)25)17(16-8-7-11-22-12-16)9-5-4-6-10-18(23)24/h7-9,11-12H,4-6,10H2,1-3H3,(H,23,24)/b17-9+. The molecule has 5 nitrogen and oxygen atoms in total. The second-order valence-corrected chi connectivity index (χ2v) is 6.41. The highest BCUT2D eigenvalue weighted by Gasteiger charge is 2.30. The van der Waals surface area contributed by atoms with Crippen LogP contribution in [0.2, 0.25) is 0 Å². The van der Waals surface area contributed by atoms with Crippen LogP contribution in [0.25, 0.3) is 5.57 Å². The van der Waals surface area contributed by atoms with E-state index in [-0.39, 0.29) is 18.0 Å². The number of nitrogens with zero attached hydrogens (tertiary/aromatic N) is 1. The van der Waals surface area contributed by atoms with Crippen LogP contribution in [0.3, 0.4) is 0 Å². The lowest BCUT2D eigenvalue weighted by Crippen LogP contribution is -2.21. The lowest BCUT2D eigenvalue weighted by atomic mass is 9.80. The number of Topliss-reactive ketones (excluding diaryl/α,β-unsaturated/α-hetero) is 2. The minimum Gasteiger partial charge on any atom is -0.481 e. The number of pyridine rings is 1. The van der Waals surface area contributed by atoms with Crippen LogP contribution in [0.4, 0.5) is 0 Å². The Bertz CT molecular complexity index is 829. The van der Waals surface area contributed by atoms with E-state index in [4.69, 9.17) is 5.11 Å². The summed E-state index contributed by atoms with van der Waals surface area (Å²) in [5, 5.41) is 8.74. The van der Waals surface area contributed by atoms with Crippen molar-refractivity contribution in [1.29, 1.82) is 0 Å². The van der Waals surface area contributed by atoms with E-state index in [2.05, 4.69) is 4.98 Å². The number of hydrogen-bond acceptors (Lipinski definition) is 4. The fourth-order valence-corrected chi connectivity index (χ4v) is 2.97. The van der Waals surface area contributed by atoms with E-state index in [9.17, 15) is 14.4 Å². The topological polar surface area (TPSA) is 84.3 Å². The van der Waals surface area contributed by atoms with Crippen LogP contribution in [0.5, 0.6) is 0 Å². The molecule has 0 amide bonds. The van der Waals surface area contributed by atoms with Gasteiger partial charge in [-0.2, -0.15) is 0 Å². The van der Waals surface area contributed by atoms with Gasteiger partial charge in [0, 0.05) is 46.7 Å². The maximum atomic E-state index is 12.9. The monoisotopic (exact) mass is 353 g/mol. The van der Waals surface area contributed by atoms with Crippen molar-refractivity contribution in [2.24, 2.45) is 0 Å². The summed E-state index contributed by atoms with van der Waals surface area (Å²) in [5.41, 5.74) is 3.28. The summed E-state index contributed by atoms with van der Waals surface area (Å²) in [5.74, 6) is -1.07. The zero-order chi connectivity index (χ0) is 19.3.